The summed E-state index contributed by atoms with van der Waals surface area (Å²) in [6, 6.07) is 19.3. The second kappa shape index (κ2) is 10.2. The van der Waals surface area contributed by atoms with Crippen LogP contribution in [0.5, 0.6) is 0 Å². The van der Waals surface area contributed by atoms with Crippen LogP contribution >= 0.6 is 0 Å². The highest BCUT2D eigenvalue weighted by Crippen LogP contribution is 2.28. The fraction of sp³-hybridized carbons (Fsp3) is 0.400. The van der Waals surface area contributed by atoms with E-state index >= 15 is 0 Å². The number of hydrogen-bond acceptors (Lipinski definition) is 2. The summed E-state index contributed by atoms with van der Waals surface area (Å²) in [5.41, 5.74) is 2.02. The minimum Gasteiger partial charge on any atom is -0.332 e. The minimum atomic E-state index is -0.316. The fourth-order valence-electron chi connectivity index (χ4n) is 4.00. The van der Waals surface area contributed by atoms with Gasteiger partial charge in [-0.2, -0.15) is 0 Å². The molecule has 28 heavy (non-hydrogen) atoms. The van der Waals surface area contributed by atoms with E-state index in [4.69, 9.17) is 0 Å². The molecule has 2 unspecified atom stereocenters. The summed E-state index contributed by atoms with van der Waals surface area (Å²) in [7, 11) is 0. The van der Waals surface area contributed by atoms with Crippen molar-refractivity contribution in [2.45, 2.75) is 51.5 Å². The number of carbonyl (C=O) groups excluding carboxylic acids is 2. The Kier molecular flexibility index (Phi) is 7.41. The molecule has 0 N–H and O–H groups in total. The van der Waals surface area contributed by atoms with Gasteiger partial charge in [-0.1, -0.05) is 80.4 Å². The number of hydrogen-bond donors (Lipinski definition) is 0. The lowest BCUT2D eigenvalue weighted by Gasteiger charge is -2.39. The zero-order valence-electron chi connectivity index (χ0n) is 16.7. The molecule has 3 heteroatoms. The SMILES string of the molecule is CCC[CH]C1CCN(C(=O)Cc2ccccc2)C(C(=O)Cc2ccccc2)C1. The third-order valence-corrected chi connectivity index (χ3v) is 5.54. The van der Waals surface area contributed by atoms with Crippen LogP contribution in [-0.4, -0.2) is 29.2 Å². The molecule has 1 aliphatic heterocycles. The van der Waals surface area contributed by atoms with Crippen LogP contribution in [0.25, 0.3) is 0 Å². The Balaban J connectivity index is 1.72. The summed E-state index contributed by atoms with van der Waals surface area (Å²) in [6.45, 7) is 2.84. The highest BCUT2D eigenvalue weighted by molar-refractivity contribution is 5.91. The smallest absolute Gasteiger partial charge is 0.227 e. The van der Waals surface area contributed by atoms with Crippen molar-refractivity contribution in [3.8, 4) is 0 Å². The minimum absolute atomic E-state index is 0.0616. The van der Waals surface area contributed by atoms with E-state index in [9.17, 15) is 9.59 Å². The Bertz CT molecular complexity index is 757. The lowest BCUT2D eigenvalue weighted by atomic mass is 9.84. The molecule has 0 spiro atoms. The summed E-state index contributed by atoms with van der Waals surface area (Å²) in [4.78, 5) is 28.0. The third-order valence-electron chi connectivity index (χ3n) is 5.54. The van der Waals surface area contributed by atoms with Gasteiger partial charge in [0, 0.05) is 13.0 Å². The maximum Gasteiger partial charge on any atom is 0.227 e. The van der Waals surface area contributed by atoms with Crippen LogP contribution in [0.1, 0.15) is 43.7 Å². The number of carbonyl (C=O) groups is 2. The van der Waals surface area contributed by atoms with Gasteiger partial charge in [0.05, 0.1) is 12.5 Å². The number of Topliss-reactive ketones (excluding diaryl/α,β-unsaturated/α-hetero) is 1. The molecule has 1 amide bonds. The van der Waals surface area contributed by atoms with Crippen LogP contribution in [0, 0.1) is 12.3 Å². The largest absolute Gasteiger partial charge is 0.332 e. The van der Waals surface area contributed by atoms with Gasteiger partial charge in [0.2, 0.25) is 5.91 Å². The molecule has 0 aromatic heterocycles. The number of likely N-dealkylation sites (tertiary alicyclic amines) is 1. The molecule has 1 saturated heterocycles. The first-order valence-corrected chi connectivity index (χ1v) is 10.4. The molecule has 1 radical (unpaired) electrons. The second-order valence-electron chi connectivity index (χ2n) is 7.70. The predicted octanol–water partition coefficient (Wildman–Crippen LogP) is 4.65. The van der Waals surface area contributed by atoms with Crippen LogP contribution in [-0.2, 0) is 22.4 Å². The van der Waals surface area contributed by atoms with E-state index in [2.05, 4.69) is 13.3 Å². The molecule has 1 heterocycles. The lowest BCUT2D eigenvalue weighted by Crippen LogP contribution is -2.51. The third kappa shape index (κ3) is 5.54. The van der Waals surface area contributed by atoms with Gasteiger partial charge in [0.15, 0.2) is 5.78 Å². The van der Waals surface area contributed by atoms with E-state index in [-0.39, 0.29) is 17.7 Å². The van der Waals surface area contributed by atoms with E-state index in [0.717, 1.165) is 36.8 Å². The summed E-state index contributed by atoms with van der Waals surface area (Å²) < 4.78 is 0. The van der Waals surface area contributed by atoms with Gasteiger partial charge in [-0.25, -0.2) is 0 Å². The van der Waals surface area contributed by atoms with Gasteiger partial charge >= 0.3 is 0 Å². The van der Waals surface area contributed by atoms with E-state index < -0.39 is 0 Å². The normalized spacial score (nSPS) is 19.4. The van der Waals surface area contributed by atoms with Crippen molar-refractivity contribution in [2.24, 2.45) is 5.92 Å². The van der Waals surface area contributed by atoms with Gasteiger partial charge in [-0.05, 0) is 36.3 Å². The molecule has 1 fully saturated rings. The summed E-state index contributed by atoms with van der Waals surface area (Å²) in [5, 5.41) is 0. The molecule has 147 valence electrons. The van der Waals surface area contributed by atoms with Gasteiger partial charge in [-0.3, -0.25) is 9.59 Å². The number of ketones is 1. The highest BCUT2D eigenvalue weighted by Gasteiger charge is 2.35. The first-order valence-electron chi connectivity index (χ1n) is 10.4. The molecule has 2 aromatic carbocycles. The van der Waals surface area contributed by atoms with Crippen LogP contribution in [0.3, 0.4) is 0 Å². The number of amides is 1. The van der Waals surface area contributed by atoms with E-state index in [1.807, 2.05) is 65.6 Å². The van der Waals surface area contributed by atoms with Gasteiger partial charge in [0.25, 0.3) is 0 Å². The first-order chi connectivity index (χ1) is 13.7. The standard InChI is InChI=1S/C25H30NO2/c1-2-3-10-22-15-16-26(25(28)19-21-13-8-5-9-14-21)23(17-22)24(27)18-20-11-6-4-7-12-20/h4-14,22-23H,2-3,15-19H2,1H3. The van der Waals surface area contributed by atoms with Crippen molar-refractivity contribution in [1.82, 2.24) is 4.90 Å². The molecule has 0 aliphatic carbocycles. The zero-order valence-corrected chi connectivity index (χ0v) is 16.7. The Morgan fingerprint density at radius 3 is 2.18 bits per heavy atom. The topological polar surface area (TPSA) is 37.4 Å². The Hall–Kier alpha value is -2.42. The van der Waals surface area contributed by atoms with E-state index in [1.54, 1.807) is 0 Å². The molecule has 3 nitrogen and oxygen atoms in total. The summed E-state index contributed by atoms with van der Waals surface area (Å²) >= 11 is 0. The number of unbranched alkanes of at least 4 members (excludes halogenated alkanes) is 1. The zero-order chi connectivity index (χ0) is 19.8. The van der Waals surface area contributed by atoms with Crippen LogP contribution in [0.2, 0.25) is 0 Å². The average molecular weight is 377 g/mol. The quantitative estimate of drug-likeness (QED) is 0.672. The van der Waals surface area contributed by atoms with Crippen LogP contribution in [0.15, 0.2) is 60.7 Å². The Morgan fingerprint density at radius 1 is 0.964 bits per heavy atom. The van der Waals surface area contributed by atoms with E-state index in [1.165, 1.54) is 0 Å². The predicted molar refractivity (Wildman–Crippen MR) is 113 cm³/mol. The van der Waals surface area contributed by atoms with Crippen molar-refractivity contribution < 1.29 is 9.59 Å². The maximum atomic E-state index is 13.1. The second-order valence-corrected chi connectivity index (χ2v) is 7.70. The Morgan fingerprint density at radius 2 is 1.57 bits per heavy atom. The molecule has 0 saturated carbocycles. The monoisotopic (exact) mass is 376 g/mol. The van der Waals surface area contributed by atoms with Crippen molar-refractivity contribution >= 4 is 11.7 Å². The Labute approximate surface area is 168 Å². The van der Waals surface area contributed by atoms with Crippen LogP contribution < -0.4 is 0 Å². The van der Waals surface area contributed by atoms with E-state index in [0.29, 0.717) is 25.3 Å². The number of piperidine rings is 1. The summed E-state index contributed by atoms with van der Waals surface area (Å²) in [6.07, 6.45) is 7.00. The lowest BCUT2D eigenvalue weighted by molar-refractivity contribution is -0.141. The van der Waals surface area contributed by atoms with Gasteiger partial charge in [-0.15, -0.1) is 0 Å². The molecule has 2 atom stereocenters. The average Bonchev–Trinajstić information content (AvgIpc) is 2.73. The molecule has 1 aliphatic rings. The molecule has 2 aromatic rings. The molecule has 3 rings (SSSR count). The van der Waals surface area contributed by atoms with Crippen molar-refractivity contribution in [3.05, 3.63) is 78.2 Å². The van der Waals surface area contributed by atoms with Crippen molar-refractivity contribution in [1.29, 1.82) is 0 Å². The van der Waals surface area contributed by atoms with Crippen molar-refractivity contribution in [2.75, 3.05) is 6.54 Å². The summed E-state index contributed by atoms with van der Waals surface area (Å²) in [5.74, 6) is 0.638. The first kappa shape index (κ1) is 20.3. The number of benzene rings is 2. The number of rotatable bonds is 8. The van der Waals surface area contributed by atoms with Crippen LogP contribution in [0.4, 0.5) is 0 Å². The molecule has 0 bridgehead atoms. The van der Waals surface area contributed by atoms with Gasteiger partial charge in [0.1, 0.15) is 0 Å². The van der Waals surface area contributed by atoms with Gasteiger partial charge < -0.3 is 4.90 Å². The maximum absolute atomic E-state index is 13.1. The molecular formula is C25H30NO2. The van der Waals surface area contributed by atoms with Crippen molar-refractivity contribution in [3.63, 3.8) is 0 Å². The number of nitrogens with zero attached hydrogens (tertiary/aromatic N) is 1. The highest BCUT2D eigenvalue weighted by atomic mass is 16.2. The fourth-order valence-corrected chi connectivity index (χ4v) is 4.00. The molecular weight excluding hydrogens is 346 g/mol.